The van der Waals surface area contributed by atoms with Gasteiger partial charge in [-0.1, -0.05) is 28.1 Å². The summed E-state index contributed by atoms with van der Waals surface area (Å²) < 4.78 is 13.3. The van der Waals surface area contributed by atoms with E-state index in [-0.39, 0.29) is 17.0 Å². The van der Waals surface area contributed by atoms with E-state index in [2.05, 4.69) is 22.0 Å². The maximum absolute atomic E-state index is 13.2. The molecule has 1 aliphatic rings. The molecule has 1 aromatic heterocycles. The zero-order valence-corrected chi connectivity index (χ0v) is 16.0. The lowest BCUT2D eigenvalue weighted by molar-refractivity contribution is 0.185. The normalized spacial score (nSPS) is 16.0. The van der Waals surface area contributed by atoms with Gasteiger partial charge in [0.05, 0.1) is 18.1 Å². The minimum absolute atomic E-state index is 0.0290. The first-order chi connectivity index (χ1) is 12.5. The van der Waals surface area contributed by atoms with Crippen LogP contribution in [0.5, 0.6) is 5.75 Å². The first kappa shape index (κ1) is 18.2. The first-order valence-electron chi connectivity index (χ1n) is 8.04. The molecule has 1 aliphatic heterocycles. The van der Waals surface area contributed by atoms with E-state index < -0.39 is 5.92 Å². The van der Waals surface area contributed by atoms with Crippen molar-refractivity contribution in [2.75, 3.05) is 13.7 Å². The molecule has 0 saturated heterocycles. The number of methoxy groups -OCH3 is 1. The Hall–Kier alpha value is -2.56. The fraction of sp³-hybridized carbons (Fsp3) is 0.263. The van der Waals surface area contributed by atoms with Crippen LogP contribution >= 0.6 is 15.9 Å². The number of nitriles is 1. The average molecular weight is 416 g/mol. The predicted octanol–water partition coefficient (Wildman–Crippen LogP) is 2.78. The van der Waals surface area contributed by atoms with Crippen LogP contribution in [0.2, 0.25) is 0 Å². The van der Waals surface area contributed by atoms with Crippen LogP contribution < -0.4 is 16.0 Å². The minimum atomic E-state index is -0.571. The van der Waals surface area contributed by atoms with E-state index in [0.717, 1.165) is 15.7 Å². The van der Waals surface area contributed by atoms with Gasteiger partial charge in [0.2, 0.25) is 5.88 Å². The fourth-order valence-corrected chi connectivity index (χ4v) is 3.40. The molecule has 0 bridgehead atoms. The maximum Gasteiger partial charge on any atom is 0.258 e. The highest BCUT2D eigenvalue weighted by Gasteiger charge is 2.34. The van der Waals surface area contributed by atoms with Crippen molar-refractivity contribution in [1.82, 2.24) is 4.57 Å². The Morgan fingerprint density at radius 1 is 1.38 bits per heavy atom. The number of nitrogens with zero attached hydrogens (tertiary/aromatic N) is 2. The monoisotopic (exact) mass is 415 g/mol. The second-order valence-electron chi connectivity index (χ2n) is 5.99. The smallest absolute Gasteiger partial charge is 0.258 e. The molecule has 0 fully saturated rings. The number of hydrogen-bond donors (Lipinski definition) is 1. The van der Waals surface area contributed by atoms with Crippen molar-refractivity contribution in [2.24, 2.45) is 5.73 Å². The second-order valence-corrected chi connectivity index (χ2v) is 6.91. The number of ether oxygens (including phenoxy) is 2. The molecule has 1 aromatic carbocycles. The summed E-state index contributed by atoms with van der Waals surface area (Å²) >= 11 is 3.40. The number of nitrogens with two attached hydrogens (primary N) is 1. The molecule has 26 heavy (non-hydrogen) atoms. The topological polar surface area (TPSA) is 90.3 Å². The summed E-state index contributed by atoms with van der Waals surface area (Å²) in [6.07, 6.45) is 0. The lowest BCUT2D eigenvalue weighted by Gasteiger charge is -2.27. The van der Waals surface area contributed by atoms with Crippen LogP contribution in [0.4, 0.5) is 0 Å². The van der Waals surface area contributed by atoms with Gasteiger partial charge < -0.3 is 19.8 Å². The number of aryl methyl sites for hydroxylation is 1. The number of allylic oxidation sites excluding steroid dienone is 1. The average Bonchev–Trinajstić information content (AvgIpc) is 2.61. The largest absolute Gasteiger partial charge is 0.440 e. The van der Waals surface area contributed by atoms with Gasteiger partial charge in [0.25, 0.3) is 5.56 Å². The Morgan fingerprint density at radius 3 is 2.69 bits per heavy atom. The van der Waals surface area contributed by atoms with E-state index in [1.807, 2.05) is 31.2 Å². The van der Waals surface area contributed by atoms with Crippen molar-refractivity contribution in [3.05, 3.63) is 73.4 Å². The molecule has 7 heteroatoms. The van der Waals surface area contributed by atoms with E-state index in [0.29, 0.717) is 24.5 Å². The quantitative estimate of drug-likeness (QED) is 0.828. The van der Waals surface area contributed by atoms with Crippen molar-refractivity contribution >= 4 is 15.9 Å². The molecule has 2 heterocycles. The standard InChI is InChI=1S/C19H18BrN3O3/c1-11-9-15-17(19(24)23(11)7-8-25-2)16(14(10-21)18(22)26-15)12-3-5-13(20)6-4-12/h3-6,9,16H,7-8,22H2,1-2H3. The third-order valence-corrected chi connectivity index (χ3v) is 4.94. The van der Waals surface area contributed by atoms with Crippen LogP contribution in [0.1, 0.15) is 22.7 Å². The van der Waals surface area contributed by atoms with Crippen LogP contribution in [-0.2, 0) is 11.3 Å². The molecule has 1 atom stereocenters. The molecular formula is C19H18BrN3O3. The third-order valence-electron chi connectivity index (χ3n) is 4.41. The van der Waals surface area contributed by atoms with Crippen LogP contribution in [0.15, 0.2) is 51.1 Å². The van der Waals surface area contributed by atoms with Gasteiger partial charge in [-0.3, -0.25) is 4.79 Å². The van der Waals surface area contributed by atoms with E-state index in [1.165, 1.54) is 0 Å². The lowest BCUT2D eigenvalue weighted by atomic mass is 9.84. The Labute approximate surface area is 159 Å². The summed E-state index contributed by atoms with van der Waals surface area (Å²) in [5, 5.41) is 9.62. The summed E-state index contributed by atoms with van der Waals surface area (Å²) in [6, 6.07) is 11.4. The summed E-state index contributed by atoms with van der Waals surface area (Å²) in [5.74, 6) is -0.148. The van der Waals surface area contributed by atoms with Crippen molar-refractivity contribution in [3.8, 4) is 11.8 Å². The summed E-state index contributed by atoms with van der Waals surface area (Å²) in [4.78, 5) is 13.2. The van der Waals surface area contributed by atoms with Crippen molar-refractivity contribution in [1.29, 1.82) is 5.26 Å². The number of hydrogen-bond acceptors (Lipinski definition) is 5. The number of benzene rings is 1. The van der Waals surface area contributed by atoms with Gasteiger partial charge in [-0.15, -0.1) is 0 Å². The number of pyridine rings is 1. The first-order valence-corrected chi connectivity index (χ1v) is 8.83. The lowest BCUT2D eigenvalue weighted by Crippen LogP contribution is -2.33. The summed E-state index contributed by atoms with van der Waals surface area (Å²) in [5.41, 5.74) is 7.97. The SMILES string of the molecule is COCCn1c(C)cc2c(c1=O)C(c1ccc(Br)cc1)C(C#N)=C(N)O2. The van der Waals surface area contributed by atoms with Crippen LogP contribution in [0.3, 0.4) is 0 Å². The highest BCUT2D eigenvalue weighted by atomic mass is 79.9. The van der Waals surface area contributed by atoms with Crippen LogP contribution in [0, 0.1) is 18.3 Å². The predicted molar refractivity (Wildman–Crippen MR) is 101 cm³/mol. The summed E-state index contributed by atoms with van der Waals surface area (Å²) in [7, 11) is 1.59. The van der Waals surface area contributed by atoms with Gasteiger partial charge in [-0.2, -0.15) is 5.26 Å². The molecule has 0 aliphatic carbocycles. The Kier molecular flexibility index (Phi) is 5.16. The van der Waals surface area contributed by atoms with Crippen molar-refractivity contribution < 1.29 is 9.47 Å². The Bertz CT molecular complexity index is 971. The summed E-state index contributed by atoms with van der Waals surface area (Å²) in [6.45, 7) is 2.66. The molecule has 0 spiro atoms. The minimum Gasteiger partial charge on any atom is -0.440 e. The van der Waals surface area contributed by atoms with E-state index in [1.54, 1.807) is 17.7 Å². The molecule has 2 aromatic rings. The van der Waals surface area contributed by atoms with Gasteiger partial charge in [-0.25, -0.2) is 0 Å². The number of aromatic nitrogens is 1. The molecule has 0 radical (unpaired) electrons. The second kappa shape index (κ2) is 7.36. The Balaban J connectivity index is 2.25. The highest BCUT2D eigenvalue weighted by Crippen LogP contribution is 2.40. The van der Waals surface area contributed by atoms with Crippen molar-refractivity contribution in [3.63, 3.8) is 0 Å². The van der Waals surface area contributed by atoms with Crippen LogP contribution in [0.25, 0.3) is 0 Å². The molecular weight excluding hydrogens is 398 g/mol. The van der Waals surface area contributed by atoms with E-state index >= 15 is 0 Å². The third kappa shape index (κ3) is 3.14. The van der Waals surface area contributed by atoms with Crippen molar-refractivity contribution in [2.45, 2.75) is 19.4 Å². The zero-order valence-electron chi connectivity index (χ0n) is 14.5. The van der Waals surface area contributed by atoms with Gasteiger partial charge in [0.15, 0.2) is 0 Å². The molecule has 6 nitrogen and oxygen atoms in total. The van der Waals surface area contributed by atoms with Gasteiger partial charge in [0, 0.05) is 29.9 Å². The van der Waals surface area contributed by atoms with Crippen LogP contribution in [-0.4, -0.2) is 18.3 Å². The van der Waals surface area contributed by atoms with Gasteiger partial charge in [0.1, 0.15) is 17.4 Å². The fourth-order valence-electron chi connectivity index (χ4n) is 3.14. The molecule has 134 valence electrons. The number of fused-ring (bicyclic) bond motifs is 1. The van der Waals surface area contributed by atoms with E-state index in [9.17, 15) is 10.1 Å². The molecule has 1 unspecified atom stereocenters. The molecule has 0 amide bonds. The van der Waals surface area contributed by atoms with Gasteiger partial charge in [-0.05, 0) is 24.6 Å². The van der Waals surface area contributed by atoms with Gasteiger partial charge >= 0.3 is 0 Å². The van der Waals surface area contributed by atoms with E-state index in [4.69, 9.17) is 15.2 Å². The molecule has 2 N–H and O–H groups in total. The highest BCUT2D eigenvalue weighted by molar-refractivity contribution is 9.10. The number of rotatable bonds is 4. The Morgan fingerprint density at radius 2 is 2.08 bits per heavy atom. The zero-order chi connectivity index (χ0) is 18.8. The molecule has 0 saturated carbocycles. The maximum atomic E-state index is 13.2. The molecule has 3 rings (SSSR count). The number of halogens is 1.